The molecule has 1 N–H and O–H groups in total. The Morgan fingerprint density at radius 2 is 1.89 bits per heavy atom. The van der Waals surface area contributed by atoms with Gasteiger partial charge in [0.2, 0.25) is 5.95 Å². The minimum atomic E-state index is 0.167. The number of nitrogens with one attached hydrogen (secondary N) is 1. The summed E-state index contributed by atoms with van der Waals surface area (Å²) < 4.78 is 0. The van der Waals surface area contributed by atoms with Crippen LogP contribution in [0.1, 0.15) is 27.2 Å². The fraction of sp³-hybridized carbons (Fsp3) is 0.391. The largest absolute Gasteiger partial charge is 0.340 e. The molecule has 0 aliphatic carbocycles. The van der Waals surface area contributed by atoms with Crippen molar-refractivity contribution in [1.82, 2.24) is 15.3 Å². The number of hydrogen-bond acceptors (Lipinski definition) is 4. The van der Waals surface area contributed by atoms with Gasteiger partial charge < -0.3 is 10.2 Å². The minimum Gasteiger partial charge on any atom is -0.340 e. The lowest BCUT2D eigenvalue weighted by Gasteiger charge is -2.23. The van der Waals surface area contributed by atoms with Crippen LogP contribution >= 0.6 is 0 Å². The van der Waals surface area contributed by atoms with E-state index in [-0.39, 0.29) is 5.54 Å². The Balaban J connectivity index is 1.51. The summed E-state index contributed by atoms with van der Waals surface area (Å²) in [6.07, 6.45) is 3.07. The molecule has 4 rings (SSSR count). The number of rotatable bonds is 4. The molecule has 0 unspecified atom stereocenters. The molecule has 0 radical (unpaired) electrons. The molecule has 1 aliphatic heterocycles. The Hall–Kier alpha value is -2.46. The lowest BCUT2D eigenvalue weighted by atomic mass is 10.1. The zero-order valence-corrected chi connectivity index (χ0v) is 16.4. The van der Waals surface area contributed by atoms with Gasteiger partial charge in [-0.05, 0) is 56.0 Å². The highest BCUT2D eigenvalue weighted by Crippen LogP contribution is 2.26. The topological polar surface area (TPSA) is 41.0 Å². The number of anilines is 1. The average Bonchev–Trinajstić information content (AvgIpc) is 3.15. The van der Waals surface area contributed by atoms with E-state index < -0.39 is 0 Å². The van der Waals surface area contributed by atoms with E-state index in [1.165, 1.54) is 17.2 Å². The van der Waals surface area contributed by atoms with E-state index in [0.717, 1.165) is 36.8 Å². The Bertz CT molecular complexity index is 929. The van der Waals surface area contributed by atoms with Crippen LogP contribution in [0.2, 0.25) is 0 Å². The molecular weight excluding hydrogens is 332 g/mol. The van der Waals surface area contributed by atoms with Crippen molar-refractivity contribution in [2.45, 2.75) is 32.7 Å². The minimum absolute atomic E-state index is 0.167. The van der Waals surface area contributed by atoms with Crippen LogP contribution < -0.4 is 10.2 Å². The molecule has 1 aliphatic rings. The Morgan fingerprint density at radius 3 is 2.70 bits per heavy atom. The maximum atomic E-state index is 4.87. The van der Waals surface area contributed by atoms with E-state index in [9.17, 15) is 0 Å². The highest BCUT2D eigenvalue weighted by Gasteiger charge is 2.25. The number of benzene rings is 2. The highest BCUT2D eigenvalue weighted by atomic mass is 15.3. The van der Waals surface area contributed by atoms with E-state index in [4.69, 9.17) is 4.98 Å². The molecule has 140 valence electrons. The lowest BCUT2D eigenvalue weighted by molar-refractivity contribution is 0.383. The predicted molar refractivity (Wildman–Crippen MR) is 113 cm³/mol. The summed E-state index contributed by atoms with van der Waals surface area (Å²) in [4.78, 5) is 11.7. The number of hydrogen-bond donors (Lipinski definition) is 1. The normalized spacial score (nSPS) is 17.6. The maximum absolute atomic E-state index is 4.87. The number of aromatic nitrogens is 2. The molecule has 1 saturated heterocycles. The Morgan fingerprint density at radius 1 is 1.07 bits per heavy atom. The van der Waals surface area contributed by atoms with Crippen molar-refractivity contribution >= 4 is 16.7 Å². The van der Waals surface area contributed by atoms with Gasteiger partial charge >= 0.3 is 0 Å². The van der Waals surface area contributed by atoms with Crippen LogP contribution in [0.15, 0.2) is 54.7 Å². The molecule has 0 amide bonds. The van der Waals surface area contributed by atoms with Gasteiger partial charge in [-0.25, -0.2) is 9.97 Å². The quantitative estimate of drug-likeness (QED) is 0.743. The molecule has 0 saturated carbocycles. The monoisotopic (exact) mass is 360 g/mol. The maximum Gasteiger partial charge on any atom is 0.225 e. The number of fused-ring (bicyclic) bond motifs is 1. The van der Waals surface area contributed by atoms with E-state index in [1.54, 1.807) is 0 Å². The lowest BCUT2D eigenvalue weighted by Crippen LogP contribution is -2.39. The second kappa shape index (κ2) is 7.28. The smallest absolute Gasteiger partial charge is 0.225 e. The van der Waals surface area contributed by atoms with Crippen LogP contribution in [0, 0.1) is 5.92 Å². The van der Waals surface area contributed by atoms with Gasteiger partial charge in [-0.2, -0.15) is 0 Å². The van der Waals surface area contributed by atoms with Crippen molar-refractivity contribution in [2.75, 3.05) is 24.5 Å². The Labute approximate surface area is 161 Å². The summed E-state index contributed by atoms with van der Waals surface area (Å²) >= 11 is 0. The zero-order chi connectivity index (χ0) is 18.9. The average molecular weight is 361 g/mol. The molecule has 4 heteroatoms. The third kappa shape index (κ3) is 4.28. The van der Waals surface area contributed by atoms with Crippen molar-refractivity contribution < 1.29 is 0 Å². The van der Waals surface area contributed by atoms with Crippen LogP contribution in [-0.4, -0.2) is 35.1 Å². The SMILES string of the molecule is CC(C)(C)NC[C@H]1CCN(c2nccc(-c3ccc4ccccc4c3)n2)C1. The molecule has 0 spiro atoms. The molecule has 1 atom stereocenters. The van der Waals surface area contributed by atoms with Crippen LogP contribution in [0.25, 0.3) is 22.0 Å². The van der Waals surface area contributed by atoms with Crippen LogP contribution in [0.5, 0.6) is 0 Å². The molecule has 2 aromatic carbocycles. The first-order valence-electron chi connectivity index (χ1n) is 9.80. The summed E-state index contributed by atoms with van der Waals surface area (Å²) in [6, 6.07) is 17.0. The van der Waals surface area contributed by atoms with E-state index in [0.29, 0.717) is 5.92 Å². The molecule has 4 nitrogen and oxygen atoms in total. The molecule has 27 heavy (non-hydrogen) atoms. The fourth-order valence-corrected chi connectivity index (χ4v) is 3.64. The third-order valence-corrected chi connectivity index (χ3v) is 5.18. The van der Waals surface area contributed by atoms with Crippen molar-refractivity contribution in [3.63, 3.8) is 0 Å². The van der Waals surface area contributed by atoms with Gasteiger partial charge in [0.15, 0.2) is 0 Å². The fourth-order valence-electron chi connectivity index (χ4n) is 3.64. The standard InChI is InChI=1S/C23H28N4/c1-23(2,3)25-15-17-11-13-27(16-17)22-24-12-10-21(26-22)20-9-8-18-6-4-5-7-19(18)14-20/h4-10,12,14,17,25H,11,13,15-16H2,1-3H3/t17-/m1/s1. The van der Waals surface area contributed by atoms with Gasteiger partial charge in [-0.15, -0.1) is 0 Å². The molecule has 1 aromatic heterocycles. The van der Waals surface area contributed by atoms with Gasteiger partial charge in [0, 0.05) is 36.9 Å². The van der Waals surface area contributed by atoms with Crippen molar-refractivity contribution in [2.24, 2.45) is 5.92 Å². The van der Waals surface area contributed by atoms with Crippen LogP contribution in [0.3, 0.4) is 0 Å². The van der Waals surface area contributed by atoms with Gasteiger partial charge in [0.25, 0.3) is 0 Å². The highest BCUT2D eigenvalue weighted by molar-refractivity contribution is 5.86. The summed E-state index contributed by atoms with van der Waals surface area (Å²) in [7, 11) is 0. The first-order chi connectivity index (χ1) is 13.0. The molecule has 3 aromatic rings. The molecule has 1 fully saturated rings. The summed E-state index contributed by atoms with van der Waals surface area (Å²) in [5.74, 6) is 1.50. The van der Waals surface area contributed by atoms with Crippen molar-refractivity contribution in [3.05, 3.63) is 54.7 Å². The number of nitrogens with zero attached hydrogens (tertiary/aromatic N) is 3. The first kappa shape index (κ1) is 17.9. The first-order valence-corrected chi connectivity index (χ1v) is 9.80. The van der Waals surface area contributed by atoms with E-state index >= 15 is 0 Å². The van der Waals surface area contributed by atoms with Crippen LogP contribution in [0.4, 0.5) is 5.95 Å². The summed E-state index contributed by atoms with van der Waals surface area (Å²) in [6.45, 7) is 9.74. The summed E-state index contributed by atoms with van der Waals surface area (Å²) in [5, 5.41) is 6.12. The second-order valence-electron chi connectivity index (χ2n) is 8.54. The van der Waals surface area contributed by atoms with E-state index in [1.807, 2.05) is 12.3 Å². The third-order valence-electron chi connectivity index (χ3n) is 5.18. The van der Waals surface area contributed by atoms with Crippen molar-refractivity contribution in [3.8, 4) is 11.3 Å². The van der Waals surface area contributed by atoms with Gasteiger partial charge in [-0.3, -0.25) is 0 Å². The summed E-state index contributed by atoms with van der Waals surface area (Å²) in [5.41, 5.74) is 2.30. The zero-order valence-electron chi connectivity index (χ0n) is 16.4. The second-order valence-corrected chi connectivity index (χ2v) is 8.54. The predicted octanol–water partition coefficient (Wildman–Crippen LogP) is 4.51. The van der Waals surface area contributed by atoms with Gasteiger partial charge in [0.05, 0.1) is 5.69 Å². The van der Waals surface area contributed by atoms with Crippen molar-refractivity contribution in [1.29, 1.82) is 0 Å². The molecule has 2 heterocycles. The van der Waals surface area contributed by atoms with Gasteiger partial charge in [0.1, 0.15) is 0 Å². The van der Waals surface area contributed by atoms with E-state index in [2.05, 4.69) is 78.4 Å². The molecule has 0 bridgehead atoms. The van der Waals surface area contributed by atoms with Crippen LogP contribution in [-0.2, 0) is 0 Å². The Kier molecular flexibility index (Phi) is 4.83. The van der Waals surface area contributed by atoms with Gasteiger partial charge in [-0.1, -0.05) is 36.4 Å². The molecular formula is C23H28N4.